The van der Waals surface area contributed by atoms with E-state index >= 15 is 0 Å². The number of nitrogens with zero attached hydrogens (tertiary/aromatic N) is 1. The van der Waals surface area contributed by atoms with Gasteiger partial charge in [0.25, 0.3) is 0 Å². The monoisotopic (exact) mass is 419 g/mol. The molecule has 0 atom stereocenters. The van der Waals surface area contributed by atoms with Gasteiger partial charge in [0.15, 0.2) is 5.78 Å². The summed E-state index contributed by atoms with van der Waals surface area (Å²) >= 11 is 0. The summed E-state index contributed by atoms with van der Waals surface area (Å²) in [7, 11) is 3.23. The molecule has 0 aliphatic rings. The molecule has 0 fully saturated rings. The van der Waals surface area contributed by atoms with Crippen molar-refractivity contribution >= 4 is 5.78 Å². The van der Waals surface area contributed by atoms with E-state index in [1.165, 1.54) is 0 Å². The summed E-state index contributed by atoms with van der Waals surface area (Å²) in [5, 5.41) is 9.01. The molecule has 0 aliphatic carbocycles. The Morgan fingerprint density at radius 3 is 2.09 bits per heavy atom. The van der Waals surface area contributed by atoms with Gasteiger partial charge in [0, 0.05) is 22.3 Å². The highest BCUT2D eigenvalue weighted by Gasteiger charge is 2.16. The number of carbonyl (C=O) groups excluding carboxylic acids is 1. The number of ketones is 1. The Bertz CT molecular complexity index is 1320. The summed E-state index contributed by atoms with van der Waals surface area (Å²) in [4.78, 5) is 13.4. The van der Waals surface area contributed by atoms with E-state index in [-0.39, 0.29) is 5.78 Å². The lowest BCUT2D eigenvalue weighted by atomic mass is 9.95. The topological polar surface area (TPSA) is 59.3 Å². The standard InChI is InChI=1S/C28H21NO3/c1-31-26-9-4-3-8-24(26)25-17-23(14-15-27(25)32-2)28(30)22-7-5-6-21(16-22)20-12-10-19(18-29)11-13-20/h3-17H,1-2H3. The van der Waals surface area contributed by atoms with Crippen LogP contribution in [0, 0.1) is 11.3 Å². The SMILES string of the molecule is COc1ccccc1-c1cc(C(=O)c2cccc(-c3ccc(C#N)cc3)c2)ccc1OC. The lowest BCUT2D eigenvalue weighted by Crippen LogP contribution is -2.03. The predicted octanol–water partition coefficient (Wildman–Crippen LogP) is 6.14. The van der Waals surface area contributed by atoms with Gasteiger partial charge in [-0.2, -0.15) is 5.26 Å². The summed E-state index contributed by atoms with van der Waals surface area (Å²) in [5.41, 5.74) is 5.25. The molecular formula is C28H21NO3. The van der Waals surface area contributed by atoms with Crippen molar-refractivity contribution in [2.24, 2.45) is 0 Å². The van der Waals surface area contributed by atoms with Crippen LogP contribution in [0.25, 0.3) is 22.3 Å². The zero-order valence-electron chi connectivity index (χ0n) is 17.8. The fourth-order valence-corrected chi connectivity index (χ4v) is 3.67. The van der Waals surface area contributed by atoms with Crippen molar-refractivity contribution in [1.82, 2.24) is 0 Å². The third-order valence-corrected chi connectivity index (χ3v) is 5.33. The molecule has 0 heterocycles. The summed E-state index contributed by atoms with van der Waals surface area (Å²) < 4.78 is 11.1. The van der Waals surface area contributed by atoms with E-state index in [4.69, 9.17) is 14.7 Å². The number of nitriles is 1. The number of hydrogen-bond acceptors (Lipinski definition) is 4. The molecule has 0 spiro atoms. The zero-order valence-corrected chi connectivity index (χ0v) is 17.8. The summed E-state index contributed by atoms with van der Waals surface area (Å²) in [6.45, 7) is 0. The molecule has 4 nitrogen and oxygen atoms in total. The van der Waals surface area contributed by atoms with Gasteiger partial charge in [-0.1, -0.05) is 48.5 Å². The summed E-state index contributed by atoms with van der Waals surface area (Å²) in [6, 6.07) is 30.0. The van der Waals surface area contributed by atoms with Crippen molar-refractivity contribution in [2.45, 2.75) is 0 Å². The number of ether oxygens (including phenoxy) is 2. The first-order chi connectivity index (χ1) is 15.6. The number of carbonyl (C=O) groups is 1. The highest BCUT2D eigenvalue weighted by Crippen LogP contribution is 2.37. The molecule has 0 amide bonds. The van der Waals surface area contributed by atoms with Crippen LogP contribution in [0.2, 0.25) is 0 Å². The minimum absolute atomic E-state index is 0.0840. The highest BCUT2D eigenvalue weighted by molar-refractivity contribution is 6.10. The molecule has 0 N–H and O–H groups in total. The van der Waals surface area contributed by atoms with Gasteiger partial charge in [-0.25, -0.2) is 0 Å². The van der Waals surface area contributed by atoms with E-state index in [1.807, 2.05) is 66.7 Å². The van der Waals surface area contributed by atoms with Gasteiger partial charge in [0.05, 0.1) is 25.9 Å². The normalized spacial score (nSPS) is 10.3. The smallest absolute Gasteiger partial charge is 0.193 e. The minimum atomic E-state index is -0.0840. The molecule has 0 aliphatic heterocycles. The number of hydrogen-bond donors (Lipinski definition) is 0. The third-order valence-electron chi connectivity index (χ3n) is 5.33. The summed E-state index contributed by atoms with van der Waals surface area (Å²) in [6.07, 6.45) is 0. The fraction of sp³-hybridized carbons (Fsp3) is 0.0714. The lowest BCUT2D eigenvalue weighted by molar-refractivity contribution is 0.103. The maximum atomic E-state index is 13.4. The average Bonchev–Trinajstić information content (AvgIpc) is 2.88. The lowest BCUT2D eigenvalue weighted by Gasteiger charge is -2.14. The minimum Gasteiger partial charge on any atom is -0.496 e. The summed E-state index contributed by atoms with van der Waals surface area (Å²) in [5.74, 6) is 1.29. The predicted molar refractivity (Wildman–Crippen MR) is 125 cm³/mol. The fourth-order valence-electron chi connectivity index (χ4n) is 3.67. The molecule has 0 saturated carbocycles. The van der Waals surface area contributed by atoms with Crippen molar-refractivity contribution in [2.75, 3.05) is 14.2 Å². The van der Waals surface area contributed by atoms with E-state index in [9.17, 15) is 4.79 Å². The molecule has 4 heteroatoms. The van der Waals surface area contributed by atoms with Gasteiger partial charge in [-0.3, -0.25) is 4.79 Å². The highest BCUT2D eigenvalue weighted by atomic mass is 16.5. The van der Waals surface area contributed by atoms with Crippen molar-refractivity contribution in [3.63, 3.8) is 0 Å². The van der Waals surface area contributed by atoms with Crippen molar-refractivity contribution in [3.05, 3.63) is 108 Å². The Morgan fingerprint density at radius 2 is 1.38 bits per heavy atom. The van der Waals surface area contributed by atoms with Crippen LogP contribution < -0.4 is 9.47 Å². The molecule has 4 aromatic rings. The molecule has 32 heavy (non-hydrogen) atoms. The van der Waals surface area contributed by atoms with Crippen LogP contribution in [-0.4, -0.2) is 20.0 Å². The Hall–Kier alpha value is -4.36. The number of para-hydroxylation sites is 1. The van der Waals surface area contributed by atoms with Gasteiger partial charge >= 0.3 is 0 Å². The molecule has 0 bridgehead atoms. The average molecular weight is 419 g/mol. The quantitative estimate of drug-likeness (QED) is 0.352. The van der Waals surface area contributed by atoms with Crippen LogP contribution in [0.5, 0.6) is 11.5 Å². The van der Waals surface area contributed by atoms with Gasteiger partial charge < -0.3 is 9.47 Å². The first kappa shape index (κ1) is 20.9. The second-order valence-corrected chi connectivity index (χ2v) is 7.21. The maximum Gasteiger partial charge on any atom is 0.193 e. The van der Waals surface area contributed by atoms with Crippen LogP contribution in [0.3, 0.4) is 0 Å². The Morgan fingerprint density at radius 1 is 0.688 bits per heavy atom. The van der Waals surface area contributed by atoms with Crippen LogP contribution >= 0.6 is 0 Å². The van der Waals surface area contributed by atoms with Gasteiger partial charge in [0.2, 0.25) is 0 Å². The van der Waals surface area contributed by atoms with Crippen LogP contribution in [0.15, 0.2) is 91.0 Å². The number of methoxy groups -OCH3 is 2. The molecule has 0 aromatic heterocycles. The largest absolute Gasteiger partial charge is 0.496 e. The van der Waals surface area contributed by atoms with E-state index in [0.717, 1.165) is 22.3 Å². The van der Waals surface area contributed by atoms with Crippen molar-refractivity contribution < 1.29 is 14.3 Å². The van der Waals surface area contributed by atoms with Crippen LogP contribution in [0.1, 0.15) is 21.5 Å². The van der Waals surface area contributed by atoms with Crippen LogP contribution in [0.4, 0.5) is 0 Å². The molecular weight excluding hydrogens is 398 g/mol. The number of benzene rings is 4. The Balaban J connectivity index is 1.73. The molecule has 0 radical (unpaired) electrons. The van der Waals surface area contributed by atoms with Crippen molar-refractivity contribution in [1.29, 1.82) is 5.26 Å². The van der Waals surface area contributed by atoms with E-state index < -0.39 is 0 Å². The Kier molecular flexibility index (Phi) is 6.00. The first-order valence-electron chi connectivity index (χ1n) is 10.1. The van der Waals surface area contributed by atoms with Gasteiger partial charge in [0.1, 0.15) is 11.5 Å². The molecule has 156 valence electrons. The van der Waals surface area contributed by atoms with E-state index in [1.54, 1.807) is 38.5 Å². The maximum absolute atomic E-state index is 13.4. The van der Waals surface area contributed by atoms with Crippen LogP contribution in [-0.2, 0) is 0 Å². The molecule has 4 rings (SSSR count). The van der Waals surface area contributed by atoms with Gasteiger partial charge in [-0.05, 0) is 53.6 Å². The van der Waals surface area contributed by atoms with Crippen molar-refractivity contribution in [3.8, 4) is 39.8 Å². The van der Waals surface area contributed by atoms with E-state index in [2.05, 4.69) is 6.07 Å². The van der Waals surface area contributed by atoms with Gasteiger partial charge in [-0.15, -0.1) is 0 Å². The molecule has 0 unspecified atom stereocenters. The Labute approximate surface area is 187 Å². The molecule has 0 saturated heterocycles. The second-order valence-electron chi connectivity index (χ2n) is 7.21. The first-order valence-corrected chi connectivity index (χ1v) is 10.1. The molecule has 4 aromatic carbocycles. The van der Waals surface area contributed by atoms with E-state index in [0.29, 0.717) is 28.2 Å². The number of rotatable bonds is 6. The second kappa shape index (κ2) is 9.20. The third kappa shape index (κ3) is 4.10. The zero-order chi connectivity index (χ0) is 22.5.